The van der Waals surface area contributed by atoms with Gasteiger partial charge in [0, 0.05) is 50.6 Å². The molecular weight excluding hydrogens is 484 g/mol. The third-order valence-corrected chi connectivity index (χ3v) is 8.17. The van der Waals surface area contributed by atoms with Crippen molar-refractivity contribution in [3.63, 3.8) is 0 Å². The molecule has 37 heavy (non-hydrogen) atoms. The van der Waals surface area contributed by atoms with Crippen molar-refractivity contribution in [2.24, 2.45) is 0 Å². The summed E-state index contributed by atoms with van der Waals surface area (Å²) in [5.74, 6) is -0.388. The fourth-order valence-electron chi connectivity index (χ4n) is 5.29. The van der Waals surface area contributed by atoms with Crippen molar-refractivity contribution in [1.82, 2.24) is 4.98 Å². The second-order valence-electron chi connectivity index (χ2n) is 9.37. The van der Waals surface area contributed by atoms with Gasteiger partial charge in [0.2, 0.25) is 0 Å². The van der Waals surface area contributed by atoms with E-state index >= 15 is 0 Å². The number of ether oxygens (including phenoxy) is 1. The van der Waals surface area contributed by atoms with Gasteiger partial charge in [-0.15, -0.1) is 11.3 Å². The van der Waals surface area contributed by atoms with Gasteiger partial charge in [0.05, 0.1) is 12.2 Å². The average Bonchev–Trinajstić information content (AvgIpc) is 3.56. The Morgan fingerprint density at radius 1 is 1.11 bits per heavy atom. The Morgan fingerprint density at radius 3 is 2.81 bits per heavy atom. The summed E-state index contributed by atoms with van der Waals surface area (Å²) >= 11 is 1.73. The number of hydrogen-bond donors (Lipinski definition) is 2. The number of esters is 1. The number of aryl methyl sites for hydroxylation is 1. The molecule has 0 radical (unpaired) electrons. The van der Waals surface area contributed by atoms with Crippen LogP contribution in [-0.2, 0) is 27.2 Å². The molecule has 0 bridgehead atoms. The van der Waals surface area contributed by atoms with Gasteiger partial charge in [-0.1, -0.05) is 30.3 Å². The van der Waals surface area contributed by atoms with Gasteiger partial charge >= 0.3 is 5.97 Å². The molecule has 6 nitrogen and oxygen atoms in total. The van der Waals surface area contributed by atoms with E-state index in [4.69, 9.17) is 4.74 Å². The first kappa shape index (κ1) is 23.4. The van der Waals surface area contributed by atoms with Gasteiger partial charge < -0.3 is 15.0 Å². The van der Waals surface area contributed by atoms with Crippen LogP contribution in [0, 0.1) is 0 Å². The first-order valence-corrected chi connectivity index (χ1v) is 13.4. The van der Waals surface area contributed by atoms with Gasteiger partial charge in [0.25, 0.3) is 5.91 Å². The maximum atomic E-state index is 13.1. The lowest BCUT2D eigenvalue weighted by molar-refractivity contribution is -0.143. The van der Waals surface area contributed by atoms with Crippen LogP contribution in [0.3, 0.4) is 0 Å². The van der Waals surface area contributed by atoms with Crippen molar-refractivity contribution in [2.45, 2.75) is 39.0 Å². The molecule has 2 aliphatic rings. The zero-order valence-electron chi connectivity index (χ0n) is 20.5. The number of carbonyl (C=O) groups is 3. The highest BCUT2D eigenvalue weighted by molar-refractivity contribution is 7.22. The number of hydrogen-bond acceptors (Lipinski definition) is 5. The summed E-state index contributed by atoms with van der Waals surface area (Å²) in [6, 6.07) is 16.5. The van der Waals surface area contributed by atoms with Crippen molar-refractivity contribution < 1.29 is 19.1 Å². The number of fused-ring (bicyclic) bond motifs is 3. The molecule has 2 aromatic carbocycles. The van der Waals surface area contributed by atoms with Crippen molar-refractivity contribution >= 4 is 56.4 Å². The summed E-state index contributed by atoms with van der Waals surface area (Å²) < 4.78 is 6.33. The topological polar surface area (TPSA) is 88.3 Å². The molecule has 0 saturated carbocycles. The Kier molecular flexibility index (Phi) is 6.00. The lowest BCUT2D eigenvalue weighted by Crippen LogP contribution is -2.12. The number of rotatable bonds is 6. The van der Waals surface area contributed by atoms with Gasteiger partial charge in [-0.3, -0.25) is 14.4 Å². The number of benzene rings is 2. The van der Waals surface area contributed by atoms with Crippen LogP contribution in [0.25, 0.3) is 32.2 Å². The van der Waals surface area contributed by atoms with Crippen molar-refractivity contribution in [2.75, 3.05) is 11.9 Å². The van der Waals surface area contributed by atoms with Crippen LogP contribution < -0.4 is 5.32 Å². The maximum Gasteiger partial charge on any atom is 0.306 e. The van der Waals surface area contributed by atoms with E-state index in [1.807, 2.05) is 36.4 Å². The minimum atomic E-state index is -0.294. The van der Waals surface area contributed by atoms with Crippen LogP contribution in [0.2, 0.25) is 0 Å². The fraction of sp³-hybridized carbons (Fsp3) is 0.233. The van der Waals surface area contributed by atoms with E-state index in [9.17, 15) is 14.4 Å². The first-order chi connectivity index (χ1) is 18.0. The maximum absolute atomic E-state index is 13.1. The second kappa shape index (κ2) is 9.48. The van der Waals surface area contributed by atoms with Crippen molar-refractivity contribution in [3.8, 4) is 10.4 Å². The normalized spacial score (nSPS) is 15.6. The number of anilines is 1. The van der Waals surface area contributed by atoms with E-state index < -0.39 is 0 Å². The smallest absolute Gasteiger partial charge is 0.306 e. The lowest BCUT2D eigenvalue weighted by atomic mass is 9.91. The van der Waals surface area contributed by atoms with Gasteiger partial charge in [0.1, 0.15) is 0 Å². The molecule has 186 valence electrons. The molecule has 6 rings (SSSR count). The Balaban J connectivity index is 1.37. The van der Waals surface area contributed by atoms with E-state index in [1.165, 1.54) is 10.1 Å². The number of nitrogens with one attached hydrogen (secondary N) is 2. The summed E-state index contributed by atoms with van der Waals surface area (Å²) in [5, 5.41) is 4.21. The SMILES string of the molecule is CCOC(=O)CCc1c(C=C2C(=O)Nc3cc(-c4cc5ccccc5s4)ccc32)[nH]c2c1C(=O)CCC2. The van der Waals surface area contributed by atoms with Crippen LogP contribution in [0.4, 0.5) is 5.69 Å². The standard InChI is InChI=1S/C30H26N2O4S/c1-2-36-28(34)13-12-20-24(31-22-7-5-8-25(33)29(20)22)16-21-19-11-10-18(14-23(19)32-30(21)35)27-15-17-6-3-4-9-26(17)37-27/h3-4,6,9-11,14-16,31H,2,5,7-8,12-13H2,1H3,(H,32,35). The van der Waals surface area contributed by atoms with E-state index in [1.54, 1.807) is 18.3 Å². The number of aromatic nitrogens is 1. The number of H-pyrrole nitrogens is 1. The molecule has 1 aliphatic heterocycles. The highest BCUT2D eigenvalue weighted by atomic mass is 32.1. The van der Waals surface area contributed by atoms with Crippen LogP contribution in [-0.4, -0.2) is 29.3 Å². The molecule has 0 saturated heterocycles. The number of aromatic amines is 1. The first-order valence-electron chi connectivity index (χ1n) is 12.6. The number of carbonyl (C=O) groups excluding carboxylic acids is 3. The Morgan fingerprint density at radius 2 is 1.97 bits per heavy atom. The van der Waals surface area contributed by atoms with Gasteiger partial charge in [-0.2, -0.15) is 0 Å². The Bertz CT molecular complexity index is 1570. The summed E-state index contributed by atoms with van der Waals surface area (Å²) in [6.45, 7) is 2.10. The molecule has 0 unspecified atom stereocenters. The molecule has 0 atom stereocenters. The van der Waals surface area contributed by atoms with Crippen LogP contribution in [0.15, 0.2) is 48.5 Å². The van der Waals surface area contributed by atoms with E-state index in [0.29, 0.717) is 30.6 Å². The predicted molar refractivity (Wildman–Crippen MR) is 147 cm³/mol. The van der Waals surface area contributed by atoms with Crippen LogP contribution in [0.5, 0.6) is 0 Å². The highest BCUT2D eigenvalue weighted by Crippen LogP contribution is 2.40. The molecule has 4 aromatic rings. The molecule has 7 heteroatoms. The second-order valence-corrected chi connectivity index (χ2v) is 10.5. The molecule has 3 heterocycles. The lowest BCUT2D eigenvalue weighted by Gasteiger charge is -2.11. The number of Topliss-reactive ketones (excluding diaryl/α,β-unsaturated/α-hetero) is 1. The molecular formula is C30H26N2O4S. The van der Waals surface area contributed by atoms with Crippen LogP contribution >= 0.6 is 11.3 Å². The van der Waals surface area contributed by atoms with E-state index in [2.05, 4.69) is 28.5 Å². The van der Waals surface area contributed by atoms with Gasteiger partial charge in [-0.05, 0) is 67.0 Å². The molecule has 0 fully saturated rings. The highest BCUT2D eigenvalue weighted by Gasteiger charge is 2.29. The number of thiophene rings is 1. The van der Waals surface area contributed by atoms with Gasteiger partial charge in [-0.25, -0.2) is 0 Å². The zero-order valence-corrected chi connectivity index (χ0v) is 21.3. The monoisotopic (exact) mass is 510 g/mol. The number of amides is 1. The summed E-state index contributed by atoms with van der Waals surface area (Å²) in [6.07, 6.45) is 4.46. The number of ketones is 1. The minimum absolute atomic E-state index is 0.0882. The zero-order chi connectivity index (χ0) is 25.5. The molecule has 2 aromatic heterocycles. The summed E-state index contributed by atoms with van der Waals surface area (Å²) in [4.78, 5) is 42.5. The fourth-order valence-corrected chi connectivity index (χ4v) is 6.35. The van der Waals surface area contributed by atoms with Crippen LogP contribution in [0.1, 0.15) is 59.1 Å². The summed E-state index contributed by atoms with van der Waals surface area (Å²) in [7, 11) is 0. The van der Waals surface area contributed by atoms with Crippen molar-refractivity contribution in [1.29, 1.82) is 0 Å². The third-order valence-electron chi connectivity index (χ3n) is 7.01. The minimum Gasteiger partial charge on any atom is -0.466 e. The predicted octanol–water partition coefficient (Wildman–Crippen LogP) is 6.40. The van der Waals surface area contributed by atoms with Gasteiger partial charge in [0.15, 0.2) is 5.78 Å². The molecule has 1 aliphatic carbocycles. The van der Waals surface area contributed by atoms with E-state index in [-0.39, 0.29) is 24.1 Å². The third kappa shape index (κ3) is 4.29. The summed E-state index contributed by atoms with van der Waals surface area (Å²) in [5.41, 5.74) is 6.28. The molecule has 1 amide bonds. The Hall–Kier alpha value is -3.97. The Labute approximate surface area is 218 Å². The largest absolute Gasteiger partial charge is 0.466 e. The average molecular weight is 511 g/mol. The van der Waals surface area contributed by atoms with E-state index in [0.717, 1.165) is 51.5 Å². The van der Waals surface area contributed by atoms with Crippen molar-refractivity contribution in [3.05, 3.63) is 76.6 Å². The quantitative estimate of drug-likeness (QED) is 0.232. The molecule has 0 spiro atoms. The molecule has 2 N–H and O–H groups in total.